The zero-order chi connectivity index (χ0) is 18.1. The number of nitrogens with one attached hydrogen (secondary N) is 2. The van der Waals surface area contributed by atoms with E-state index < -0.39 is 0 Å². The van der Waals surface area contributed by atoms with Crippen LogP contribution in [-0.4, -0.2) is 48.1 Å². The van der Waals surface area contributed by atoms with Crippen LogP contribution in [0.3, 0.4) is 0 Å². The minimum absolute atomic E-state index is 0.103. The molecule has 1 heterocycles. The van der Waals surface area contributed by atoms with Gasteiger partial charge in [0.25, 0.3) is 5.91 Å². The van der Waals surface area contributed by atoms with Crippen molar-refractivity contribution in [3.8, 4) is 22.8 Å². The van der Waals surface area contributed by atoms with Crippen molar-refractivity contribution in [3.63, 3.8) is 0 Å². The van der Waals surface area contributed by atoms with Crippen LogP contribution in [0.25, 0.3) is 11.3 Å². The lowest BCUT2D eigenvalue weighted by Gasteiger charge is -2.19. The second-order valence-electron chi connectivity index (χ2n) is 6.47. The van der Waals surface area contributed by atoms with Gasteiger partial charge in [0.1, 0.15) is 5.69 Å². The third kappa shape index (κ3) is 2.95. The Kier molecular flexibility index (Phi) is 4.67. The summed E-state index contributed by atoms with van der Waals surface area (Å²) in [7, 11) is 3.18. The number of fused-ring (bicyclic) bond motifs is 3. The molecular formula is C18H23N3O4. The van der Waals surface area contributed by atoms with Gasteiger partial charge in [-0.15, -0.1) is 0 Å². The zero-order valence-electron chi connectivity index (χ0n) is 14.8. The molecule has 0 bridgehead atoms. The van der Waals surface area contributed by atoms with Crippen molar-refractivity contribution in [2.45, 2.75) is 26.3 Å². The molecule has 0 saturated carbocycles. The van der Waals surface area contributed by atoms with E-state index in [9.17, 15) is 9.90 Å². The standard InChI is InChI=1S/C18H23N3O4/c1-9(2)13(8-22)19-18(23)17-12-5-10-6-14(24-3)15(25-4)7-11(10)16(12)20-21-17/h6-7,9,13,22H,5,8H2,1-4H3,(H,19,23)(H,20,21). The van der Waals surface area contributed by atoms with Gasteiger partial charge < -0.3 is 19.9 Å². The fourth-order valence-electron chi connectivity index (χ4n) is 3.09. The molecule has 1 unspecified atom stereocenters. The average molecular weight is 345 g/mol. The zero-order valence-corrected chi connectivity index (χ0v) is 14.8. The molecule has 1 aliphatic carbocycles. The molecule has 2 aromatic rings. The Balaban J connectivity index is 1.92. The van der Waals surface area contributed by atoms with E-state index in [2.05, 4.69) is 15.5 Å². The minimum atomic E-state index is -0.296. The summed E-state index contributed by atoms with van der Waals surface area (Å²) in [6, 6.07) is 3.51. The molecule has 7 heteroatoms. The molecule has 1 amide bonds. The lowest BCUT2D eigenvalue weighted by Crippen LogP contribution is -2.41. The van der Waals surface area contributed by atoms with E-state index in [1.54, 1.807) is 14.2 Å². The number of aliphatic hydroxyl groups excluding tert-OH is 1. The van der Waals surface area contributed by atoms with E-state index in [4.69, 9.17) is 9.47 Å². The smallest absolute Gasteiger partial charge is 0.269 e. The molecule has 0 spiro atoms. The van der Waals surface area contributed by atoms with E-state index in [0.29, 0.717) is 23.6 Å². The van der Waals surface area contributed by atoms with E-state index >= 15 is 0 Å². The van der Waals surface area contributed by atoms with Gasteiger partial charge in [-0.25, -0.2) is 0 Å². The van der Waals surface area contributed by atoms with Gasteiger partial charge >= 0.3 is 0 Å². The van der Waals surface area contributed by atoms with Crippen LogP contribution in [0.15, 0.2) is 12.1 Å². The molecule has 134 valence electrons. The first-order valence-corrected chi connectivity index (χ1v) is 8.24. The molecule has 0 aliphatic heterocycles. The van der Waals surface area contributed by atoms with Gasteiger partial charge in [-0.2, -0.15) is 5.10 Å². The molecular weight excluding hydrogens is 322 g/mol. The molecule has 1 atom stereocenters. The number of nitrogens with zero attached hydrogens (tertiary/aromatic N) is 1. The number of carbonyl (C=O) groups excluding carboxylic acids is 1. The van der Waals surface area contributed by atoms with Crippen LogP contribution in [0.2, 0.25) is 0 Å². The number of hydrogen-bond donors (Lipinski definition) is 3. The van der Waals surface area contributed by atoms with Crippen LogP contribution in [-0.2, 0) is 6.42 Å². The maximum absolute atomic E-state index is 12.6. The topological polar surface area (TPSA) is 96.5 Å². The van der Waals surface area contributed by atoms with Crippen LogP contribution >= 0.6 is 0 Å². The predicted molar refractivity (Wildman–Crippen MR) is 93.1 cm³/mol. The van der Waals surface area contributed by atoms with Crippen LogP contribution in [0, 0.1) is 5.92 Å². The van der Waals surface area contributed by atoms with Gasteiger partial charge in [-0.3, -0.25) is 9.89 Å². The van der Waals surface area contributed by atoms with Gasteiger partial charge in [0, 0.05) is 17.5 Å². The first-order chi connectivity index (χ1) is 12.0. The Bertz CT molecular complexity index is 798. The highest BCUT2D eigenvalue weighted by Gasteiger charge is 2.30. The van der Waals surface area contributed by atoms with E-state index in [-0.39, 0.29) is 24.5 Å². The number of aromatic nitrogens is 2. The molecule has 0 saturated heterocycles. The third-order valence-corrected chi connectivity index (χ3v) is 4.64. The average Bonchev–Trinajstić information content (AvgIpc) is 3.16. The van der Waals surface area contributed by atoms with Gasteiger partial charge in [0.2, 0.25) is 0 Å². The fourth-order valence-corrected chi connectivity index (χ4v) is 3.09. The summed E-state index contributed by atoms with van der Waals surface area (Å²) in [6.45, 7) is 3.80. The van der Waals surface area contributed by atoms with E-state index in [1.165, 1.54) is 0 Å². The number of aliphatic hydroxyl groups is 1. The summed E-state index contributed by atoms with van der Waals surface area (Å²) < 4.78 is 10.7. The molecule has 0 fully saturated rings. The minimum Gasteiger partial charge on any atom is -0.493 e. The molecule has 0 radical (unpaired) electrons. The molecule has 1 aromatic carbocycles. The number of carbonyl (C=O) groups is 1. The summed E-state index contributed by atoms with van der Waals surface area (Å²) in [6.07, 6.45) is 0.593. The molecule has 1 aliphatic rings. The molecule has 1 aromatic heterocycles. The van der Waals surface area contributed by atoms with E-state index in [0.717, 1.165) is 22.4 Å². The lowest BCUT2D eigenvalue weighted by atomic mass is 10.0. The van der Waals surface area contributed by atoms with Crippen LogP contribution in [0.1, 0.15) is 35.5 Å². The lowest BCUT2D eigenvalue weighted by molar-refractivity contribution is 0.0891. The number of benzene rings is 1. The van der Waals surface area contributed by atoms with Gasteiger partial charge in [0.05, 0.1) is 32.6 Å². The first kappa shape index (κ1) is 17.3. The quantitative estimate of drug-likeness (QED) is 0.632. The number of H-pyrrole nitrogens is 1. The third-order valence-electron chi connectivity index (χ3n) is 4.64. The second kappa shape index (κ2) is 6.76. The van der Waals surface area contributed by atoms with Crippen LogP contribution in [0.4, 0.5) is 0 Å². The number of rotatable bonds is 6. The molecule has 3 rings (SSSR count). The Hall–Kier alpha value is -2.54. The van der Waals surface area contributed by atoms with Crippen molar-refractivity contribution in [2.24, 2.45) is 5.92 Å². The van der Waals surface area contributed by atoms with E-state index in [1.807, 2.05) is 26.0 Å². The normalized spacial score (nSPS) is 13.4. The van der Waals surface area contributed by atoms with Gasteiger partial charge in [-0.1, -0.05) is 13.8 Å². The number of amides is 1. The predicted octanol–water partition coefficient (Wildman–Crippen LogP) is 1.74. The Morgan fingerprint density at radius 3 is 2.60 bits per heavy atom. The highest BCUT2D eigenvalue weighted by Crippen LogP contribution is 2.42. The van der Waals surface area contributed by atoms with Crippen molar-refractivity contribution in [1.29, 1.82) is 0 Å². The molecule has 7 nitrogen and oxygen atoms in total. The summed E-state index contributed by atoms with van der Waals surface area (Å²) >= 11 is 0. The number of hydrogen-bond acceptors (Lipinski definition) is 5. The molecule has 3 N–H and O–H groups in total. The maximum Gasteiger partial charge on any atom is 0.269 e. The Morgan fingerprint density at radius 2 is 2.00 bits per heavy atom. The Morgan fingerprint density at radius 1 is 1.32 bits per heavy atom. The first-order valence-electron chi connectivity index (χ1n) is 8.24. The second-order valence-corrected chi connectivity index (χ2v) is 6.47. The summed E-state index contributed by atoms with van der Waals surface area (Å²) in [5.41, 5.74) is 4.02. The maximum atomic E-state index is 12.6. The van der Waals surface area contributed by atoms with Gasteiger partial charge in [0.15, 0.2) is 11.5 Å². The SMILES string of the molecule is COc1cc2c(cc1OC)-c1n[nH]c(C(=O)NC(CO)C(C)C)c1C2. The van der Waals surface area contributed by atoms with Crippen molar-refractivity contribution in [1.82, 2.24) is 15.5 Å². The van der Waals surface area contributed by atoms with Crippen LogP contribution in [0.5, 0.6) is 11.5 Å². The molecule has 25 heavy (non-hydrogen) atoms. The largest absolute Gasteiger partial charge is 0.493 e. The summed E-state index contributed by atoms with van der Waals surface area (Å²) in [5.74, 6) is 1.16. The highest BCUT2D eigenvalue weighted by atomic mass is 16.5. The fraction of sp³-hybridized carbons (Fsp3) is 0.444. The summed E-state index contributed by atoms with van der Waals surface area (Å²) in [5, 5.41) is 19.4. The van der Waals surface area contributed by atoms with Crippen molar-refractivity contribution >= 4 is 5.91 Å². The summed E-state index contributed by atoms with van der Waals surface area (Å²) in [4.78, 5) is 12.6. The Labute approximate surface area is 146 Å². The highest BCUT2D eigenvalue weighted by molar-refractivity contribution is 5.97. The van der Waals surface area contributed by atoms with Crippen molar-refractivity contribution in [3.05, 3.63) is 29.0 Å². The number of aromatic amines is 1. The number of methoxy groups -OCH3 is 2. The van der Waals surface area contributed by atoms with Gasteiger partial charge in [-0.05, 0) is 23.6 Å². The van der Waals surface area contributed by atoms with Crippen LogP contribution < -0.4 is 14.8 Å². The van der Waals surface area contributed by atoms with Crippen molar-refractivity contribution < 1.29 is 19.4 Å². The monoisotopic (exact) mass is 345 g/mol. The van der Waals surface area contributed by atoms with Crippen molar-refractivity contribution in [2.75, 3.05) is 20.8 Å². The number of ether oxygens (including phenoxy) is 2.